The molecule has 3 aromatic carbocycles. The van der Waals surface area contributed by atoms with Gasteiger partial charge < -0.3 is 34.3 Å². The molecule has 1 aliphatic carbocycles. The first-order valence-corrected chi connectivity index (χ1v) is 17.6. The van der Waals surface area contributed by atoms with Gasteiger partial charge in [0.05, 0.1) is 18.2 Å². The maximum atomic E-state index is 13.8. The molecule has 0 bridgehead atoms. The summed E-state index contributed by atoms with van der Waals surface area (Å²) in [5.74, 6) is -7.98. The fourth-order valence-electron chi connectivity index (χ4n) is 6.45. The molecule has 0 aliphatic heterocycles. The number of aromatic hydroxyl groups is 1. The number of aliphatic hydroxyl groups excluding tert-OH is 1. The summed E-state index contributed by atoms with van der Waals surface area (Å²) in [5.41, 5.74) is 2.18. The van der Waals surface area contributed by atoms with Gasteiger partial charge in [0.2, 0.25) is 6.43 Å². The SMILES string of the molecule is COC1=CC(O)=CC(=O)C1C(=O)Oc1c(C)c(C)c(C(=O)Oc2cc(C)c(C(=O)Oc3c(C)c(C)c(C(=O)O)c(C)c3C)c(CCC(F)F)c2C)c(O)c1Br. The van der Waals surface area contributed by atoms with Crippen molar-refractivity contribution in [1.82, 2.24) is 0 Å². The molecule has 0 saturated carbocycles. The molecule has 1 unspecified atom stereocenters. The van der Waals surface area contributed by atoms with Gasteiger partial charge in [0.15, 0.2) is 17.5 Å². The molecule has 3 N–H and O–H groups in total. The van der Waals surface area contributed by atoms with Gasteiger partial charge in [0, 0.05) is 18.6 Å². The first kappa shape index (κ1) is 42.2. The molecule has 1 atom stereocenters. The molecule has 0 saturated heterocycles. The Balaban J connectivity index is 1.73. The van der Waals surface area contributed by atoms with Crippen molar-refractivity contribution in [1.29, 1.82) is 0 Å². The molecule has 292 valence electrons. The van der Waals surface area contributed by atoms with E-state index in [2.05, 4.69) is 15.9 Å². The number of rotatable bonds is 11. The van der Waals surface area contributed by atoms with Gasteiger partial charge in [-0.1, -0.05) is 0 Å². The normalized spacial score (nSPS) is 14.0. The number of methoxy groups -OCH3 is 1. The number of benzene rings is 3. The van der Waals surface area contributed by atoms with Crippen LogP contribution in [0, 0.1) is 61.3 Å². The fourth-order valence-corrected chi connectivity index (χ4v) is 7.03. The highest BCUT2D eigenvalue weighted by molar-refractivity contribution is 9.10. The molecule has 1 aliphatic rings. The van der Waals surface area contributed by atoms with Gasteiger partial charge in [-0.05, 0) is 134 Å². The number of carbonyl (C=O) groups excluding carboxylic acids is 4. The number of aryl methyl sites for hydroxylation is 1. The zero-order chi connectivity index (χ0) is 41.4. The molecule has 0 heterocycles. The minimum absolute atomic E-state index is 0.0354. The lowest BCUT2D eigenvalue weighted by molar-refractivity contribution is -0.142. The van der Waals surface area contributed by atoms with Crippen molar-refractivity contribution in [3.63, 3.8) is 0 Å². The van der Waals surface area contributed by atoms with Crippen LogP contribution in [0.1, 0.15) is 87.6 Å². The maximum Gasteiger partial charge on any atom is 0.347 e. The van der Waals surface area contributed by atoms with Crippen LogP contribution >= 0.6 is 15.9 Å². The van der Waals surface area contributed by atoms with Gasteiger partial charge in [-0.2, -0.15) is 0 Å². The summed E-state index contributed by atoms with van der Waals surface area (Å²) in [7, 11) is 1.20. The van der Waals surface area contributed by atoms with Crippen molar-refractivity contribution >= 4 is 45.6 Å². The molecule has 0 radical (unpaired) electrons. The highest BCUT2D eigenvalue weighted by Crippen LogP contribution is 2.44. The van der Waals surface area contributed by atoms with Crippen LogP contribution < -0.4 is 14.2 Å². The molecule has 0 aromatic heterocycles. The van der Waals surface area contributed by atoms with E-state index in [1.165, 1.54) is 40.9 Å². The van der Waals surface area contributed by atoms with Gasteiger partial charge in [-0.25, -0.2) is 23.2 Å². The zero-order valence-electron chi connectivity index (χ0n) is 31.5. The van der Waals surface area contributed by atoms with Crippen molar-refractivity contribution in [3.05, 3.63) is 101 Å². The monoisotopic (exact) mass is 828 g/mol. The lowest BCUT2D eigenvalue weighted by Gasteiger charge is -2.22. The Hall–Kier alpha value is -5.57. The lowest BCUT2D eigenvalue weighted by atomic mass is 9.92. The van der Waals surface area contributed by atoms with E-state index in [9.17, 15) is 48.1 Å². The molecule has 0 spiro atoms. The molecule has 55 heavy (non-hydrogen) atoms. The average molecular weight is 830 g/mol. The number of carboxylic acid groups (broad SMARTS) is 1. The molecule has 15 heteroatoms. The average Bonchev–Trinajstić information content (AvgIpc) is 3.10. The second-order valence-electron chi connectivity index (χ2n) is 13.1. The quantitative estimate of drug-likeness (QED) is 0.0963. The number of hydrogen-bond donors (Lipinski definition) is 3. The van der Waals surface area contributed by atoms with Crippen LogP contribution in [0.25, 0.3) is 0 Å². The van der Waals surface area contributed by atoms with E-state index in [1.807, 2.05) is 0 Å². The molecule has 3 aromatic rings. The number of carboxylic acids is 1. The summed E-state index contributed by atoms with van der Waals surface area (Å²) in [6.45, 7) is 12.3. The summed E-state index contributed by atoms with van der Waals surface area (Å²) < 4.78 is 49.1. The number of allylic oxidation sites excluding steroid dienone is 2. The van der Waals surface area contributed by atoms with Crippen molar-refractivity contribution in [3.8, 4) is 23.0 Å². The van der Waals surface area contributed by atoms with Gasteiger partial charge in [0.1, 0.15) is 38.8 Å². The Morgan fingerprint density at radius 1 is 0.764 bits per heavy atom. The molecule has 0 amide bonds. The molecule has 0 fully saturated rings. The van der Waals surface area contributed by atoms with Crippen LogP contribution in [0.4, 0.5) is 8.78 Å². The van der Waals surface area contributed by atoms with Crippen LogP contribution in [-0.4, -0.2) is 58.5 Å². The number of phenols is 1. The molecular weight excluding hydrogens is 790 g/mol. The number of carbonyl (C=O) groups is 5. The number of hydrogen-bond acceptors (Lipinski definition) is 11. The Labute approximate surface area is 323 Å². The molecule has 4 rings (SSSR count). The van der Waals surface area contributed by atoms with E-state index in [0.29, 0.717) is 22.3 Å². The Morgan fingerprint density at radius 2 is 1.31 bits per heavy atom. The van der Waals surface area contributed by atoms with Crippen LogP contribution in [0.2, 0.25) is 0 Å². The van der Waals surface area contributed by atoms with E-state index < -0.39 is 59.9 Å². The van der Waals surface area contributed by atoms with Crippen molar-refractivity contribution in [2.75, 3.05) is 7.11 Å². The summed E-state index contributed by atoms with van der Waals surface area (Å²) in [6, 6.07) is 1.36. The highest BCUT2D eigenvalue weighted by Gasteiger charge is 2.37. The number of ketones is 1. The van der Waals surface area contributed by atoms with Crippen LogP contribution in [0.15, 0.2) is 34.2 Å². The Bertz CT molecular complexity index is 2180. The minimum atomic E-state index is -2.74. The number of aliphatic hydroxyl groups is 1. The lowest BCUT2D eigenvalue weighted by Crippen LogP contribution is -2.32. The van der Waals surface area contributed by atoms with E-state index in [0.717, 1.165) is 12.2 Å². The Kier molecular flexibility index (Phi) is 12.6. The third kappa shape index (κ3) is 8.11. The summed E-state index contributed by atoms with van der Waals surface area (Å²) in [5, 5.41) is 30.7. The van der Waals surface area contributed by atoms with Crippen LogP contribution in [0.3, 0.4) is 0 Å². The third-order valence-electron chi connectivity index (χ3n) is 9.80. The zero-order valence-corrected chi connectivity index (χ0v) is 33.0. The third-order valence-corrected chi connectivity index (χ3v) is 10.5. The van der Waals surface area contributed by atoms with E-state index in [-0.39, 0.29) is 78.4 Å². The molecular formula is C40H39BrF2O12. The number of ether oxygens (including phenoxy) is 4. The Morgan fingerprint density at radius 3 is 1.85 bits per heavy atom. The number of halogens is 3. The minimum Gasteiger partial charge on any atom is -0.508 e. The summed E-state index contributed by atoms with van der Waals surface area (Å²) in [4.78, 5) is 65.2. The first-order chi connectivity index (χ1) is 25.6. The van der Waals surface area contributed by atoms with Crippen LogP contribution in [-0.2, 0) is 20.7 Å². The topological polar surface area (TPSA) is 183 Å². The van der Waals surface area contributed by atoms with Crippen molar-refractivity contribution < 1.29 is 67.0 Å². The second kappa shape index (κ2) is 16.4. The highest BCUT2D eigenvalue weighted by atomic mass is 79.9. The fraction of sp³-hybridized carbons (Fsp3) is 0.325. The number of phenolic OH excluding ortho intramolecular Hbond substituents is 1. The van der Waals surface area contributed by atoms with Gasteiger partial charge in [0.25, 0.3) is 0 Å². The number of esters is 3. The summed E-state index contributed by atoms with van der Waals surface area (Å²) in [6.07, 6.45) is -1.76. The van der Waals surface area contributed by atoms with Crippen LogP contribution in [0.5, 0.6) is 23.0 Å². The maximum absolute atomic E-state index is 13.8. The second-order valence-corrected chi connectivity index (χ2v) is 13.9. The molecule has 12 nitrogen and oxygen atoms in total. The number of alkyl halides is 2. The first-order valence-electron chi connectivity index (χ1n) is 16.8. The van der Waals surface area contributed by atoms with Crippen molar-refractivity contribution in [2.24, 2.45) is 5.92 Å². The number of aromatic carboxylic acids is 1. The van der Waals surface area contributed by atoms with E-state index in [4.69, 9.17) is 18.9 Å². The van der Waals surface area contributed by atoms with Gasteiger partial charge in [-0.3, -0.25) is 9.59 Å². The predicted molar refractivity (Wildman–Crippen MR) is 198 cm³/mol. The standard InChI is InChI=1S/C40H39BrF2O12/c1-15-12-26(22(8)24(10-11-28(42)43)29(15)38(49)54-35-19(5)16(2)30(37(47)48)17(3)20(35)6)53-39(50)31-18(4)21(7)36(33(41)34(31)46)55-40(51)32-25(45)13-23(44)14-27(32)52-9/h12-14,28,32,44,46H,10-11H2,1-9H3,(H,47,48). The summed E-state index contributed by atoms with van der Waals surface area (Å²) >= 11 is 3.16. The van der Waals surface area contributed by atoms with Gasteiger partial charge in [-0.15, -0.1) is 0 Å². The smallest absolute Gasteiger partial charge is 0.347 e. The van der Waals surface area contributed by atoms with E-state index >= 15 is 0 Å². The van der Waals surface area contributed by atoms with Gasteiger partial charge >= 0.3 is 23.9 Å². The van der Waals surface area contributed by atoms with E-state index in [1.54, 1.807) is 27.7 Å². The van der Waals surface area contributed by atoms with Crippen molar-refractivity contribution in [2.45, 2.75) is 74.7 Å². The largest absolute Gasteiger partial charge is 0.508 e. The predicted octanol–water partition coefficient (Wildman–Crippen LogP) is 8.03.